The lowest BCUT2D eigenvalue weighted by Crippen LogP contribution is -2.35. The third kappa shape index (κ3) is 5.05. The monoisotopic (exact) mass is 409 g/mol. The van der Waals surface area contributed by atoms with Gasteiger partial charge in [0.15, 0.2) is 17.6 Å². The quantitative estimate of drug-likeness (QED) is 0.738. The Hall–Kier alpha value is -2.44. The minimum absolute atomic E-state index is 0.00330. The lowest BCUT2D eigenvalue weighted by atomic mass is 10.1. The van der Waals surface area contributed by atoms with Gasteiger partial charge in [0.05, 0.1) is 16.5 Å². The van der Waals surface area contributed by atoms with Crippen LogP contribution < -0.4 is 14.8 Å². The molecule has 0 bridgehead atoms. The highest BCUT2D eigenvalue weighted by atomic mass is 35.5. The largest absolute Gasteiger partial charge is 0.454 e. The number of carbonyl (C=O) groups is 2. The van der Waals surface area contributed by atoms with Gasteiger partial charge in [-0.05, 0) is 42.3 Å². The van der Waals surface area contributed by atoms with Gasteiger partial charge >= 0.3 is 5.97 Å². The van der Waals surface area contributed by atoms with E-state index in [4.69, 9.17) is 37.4 Å². The van der Waals surface area contributed by atoms with E-state index < -0.39 is 18.0 Å². The number of fused-ring (bicyclic) bond motifs is 1. The number of halogens is 2. The summed E-state index contributed by atoms with van der Waals surface area (Å²) in [6.07, 6.45) is -0.925. The summed E-state index contributed by atoms with van der Waals surface area (Å²) in [6.45, 7) is 1.99. The summed E-state index contributed by atoms with van der Waals surface area (Å²) in [7, 11) is 0. The Kier molecular flexibility index (Phi) is 6.08. The number of ether oxygens (including phenoxy) is 3. The molecule has 1 amide bonds. The first kappa shape index (κ1) is 19.3. The molecule has 1 heterocycles. The summed E-state index contributed by atoms with van der Waals surface area (Å²) in [5, 5.41) is 3.49. The van der Waals surface area contributed by atoms with Crippen LogP contribution in [-0.2, 0) is 27.3 Å². The van der Waals surface area contributed by atoms with E-state index in [1.807, 2.05) is 6.07 Å². The zero-order chi connectivity index (χ0) is 19.4. The van der Waals surface area contributed by atoms with Crippen LogP contribution >= 0.6 is 23.2 Å². The van der Waals surface area contributed by atoms with Gasteiger partial charge in [0.25, 0.3) is 5.91 Å². The smallest absolute Gasteiger partial charge is 0.311 e. The maximum Gasteiger partial charge on any atom is 0.311 e. The first-order valence-electron chi connectivity index (χ1n) is 8.22. The van der Waals surface area contributed by atoms with Crippen molar-refractivity contribution in [1.29, 1.82) is 0 Å². The number of benzene rings is 2. The first-order valence-corrected chi connectivity index (χ1v) is 8.97. The van der Waals surface area contributed by atoms with E-state index in [2.05, 4.69) is 5.32 Å². The fourth-order valence-corrected chi connectivity index (χ4v) is 2.81. The Morgan fingerprint density at radius 2 is 1.81 bits per heavy atom. The van der Waals surface area contributed by atoms with Gasteiger partial charge in [-0.2, -0.15) is 0 Å². The van der Waals surface area contributed by atoms with E-state index in [0.717, 1.165) is 5.56 Å². The maximum absolute atomic E-state index is 12.2. The predicted octanol–water partition coefficient (Wildman–Crippen LogP) is 3.51. The molecule has 0 spiro atoms. The molecule has 1 aliphatic heterocycles. The normalized spacial score (nSPS) is 13.1. The van der Waals surface area contributed by atoms with Crippen LogP contribution in [0.1, 0.15) is 18.1 Å². The first-order chi connectivity index (χ1) is 12.9. The summed E-state index contributed by atoms with van der Waals surface area (Å²) in [6, 6.07) is 10.3. The van der Waals surface area contributed by atoms with Crippen LogP contribution in [0.4, 0.5) is 0 Å². The molecule has 1 N–H and O–H groups in total. The topological polar surface area (TPSA) is 73.9 Å². The minimum Gasteiger partial charge on any atom is -0.454 e. The van der Waals surface area contributed by atoms with Crippen LogP contribution in [0.3, 0.4) is 0 Å². The van der Waals surface area contributed by atoms with Gasteiger partial charge in [-0.3, -0.25) is 9.59 Å². The van der Waals surface area contributed by atoms with E-state index in [1.165, 1.54) is 6.92 Å². The molecule has 1 atom stereocenters. The molecule has 2 aromatic rings. The zero-order valence-corrected chi connectivity index (χ0v) is 16.0. The third-order valence-electron chi connectivity index (χ3n) is 3.91. The Bertz CT molecular complexity index is 871. The van der Waals surface area contributed by atoms with Crippen molar-refractivity contribution in [3.63, 3.8) is 0 Å². The molecule has 8 heteroatoms. The Labute approximate surface area is 166 Å². The standard InChI is InChI=1S/C19H17Cl2NO5/c1-11(27-18(23)8-12-2-4-14(20)15(21)6-12)19(24)22-9-13-3-5-16-17(7-13)26-10-25-16/h2-7,11H,8-10H2,1H3,(H,22,24)/t11-/m1/s1. The van der Waals surface area contributed by atoms with Crippen LogP contribution in [-0.4, -0.2) is 24.8 Å². The second-order valence-corrected chi connectivity index (χ2v) is 6.78. The minimum atomic E-state index is -0.922. The molecule has 0 saturated carbocycles. The van der Waals surface area contributed by atoms with Gasteiger partial charge in [0, 0.05) is 6.54 Å². The van der Waals surface area contributed by atoms with Gasteiger partial charge in [0.1, 0.15) is 0 Å². The van der Waals surface area contributed by atoms with Crippen molar-refractivity contribution in [2.45, 2.75) is 26.0 Å². The SMILES string of the molecule is C[C@@H](OC(=O)Cc1ccc(Cl)c(Cl)c1)C(=O)NCc1ccc2c(c1)OCO2. The molecule has 0 aliphatic carbocycles. The number of nitrogens with one attached hydrogen (secondary N) is 1. The summed E-state index contributed by atoms with van der Waals surface area (Å²) >= 11 is 11.8. The Morgan fingerprint density at radius 1 is 1.07 bits per heavy atom. The van der Waals surface area contributed by atoms with Crippen molar-refractivity contribution in [2.24, 2.45) is 0 Å². The second kappa shape index (κ2) is 8.50. The Balaban J connectivity index is 1.48. The van der Waals surface area contributed by atoms with Crippen LogP contribution in [0, 0.1) is 0 Å². The van der Waals surface area contributed by atoms with Gasteiger partial charge in [-0.1, -0.05) is 35.3 Å². The number of esters is 1. The summed E-state index contributed by atoms with van der Waals surface area (Å²) in [4.78, 5) is 24.2. The predicted molar refractivity (Wildman–Crippen MR) is 100 cm³/mol. The number of hydrogen-bond donors (Lipinski definition) is 1. The average Bonchev–Trinajstić information content (AvgIpc) is 3.10. The second-order valence-electron chi connectivity index (χ2n) is 5.96. The molecular weight excluding hydrogens is 393 g/mol. The molecule has 1 aliphatic rings. The maximum atomic E-state index is 12.2. The fraction of sp³-hybridized carbons (Fsp3) is 0.263. The van der Waals surface area contributed by atoms with E-state index >= 15 is 0 Å². The number of hydrogen-bond acceptors (Lipinski definition) is 5. The average molecular weight is 410 g/mol. The fourth-order valence-electron chi connectivity index (χ4n) is 2.49. The molecule has 142 valence electrons. The van der Waals surface area contributed by atoms with Crippen molar-refractivity contribution in [3.05, 3.63) is 57.6 Å². The lowest BCUT2D eigenvalue weighted by molar-refractivity contribution is -0.154. The van der Waals surface area contributed by atoms with Gasteiger partial charge in [-0.25, -0.2) is 0 Å². The highest BCUT2D eigenvalue weighted by molar-refractivity contribution is 6.42. The molecule has 2 aromatic carbocycles. The van der Waals surface area contributed by atoms with Crippen molar-refractivity contribution in [1.82, 2.24) is 5.32 Å². The van der Waals surface area contributed by atoms with Crippen LogP contribution in [0.15, 0.2) is 36.4 Å². The van der Waals surface area contributed by atoms with Gasteiger partial charge in [0.2, 0.25) is 6.79 Å². The molecule has 0 aromatic heterocycles. The lowest BCUT2D eigenvalue weighted by Gasteiger charge is -2.14. The van der Waals surface area contributed by atoms with Crippen molar-refractivity contribution in [2.75, 3.05) is 6.79 Å². The molecule has 3 rings (SSSR count). The summed E-state index contributed by atoms with van der Waals surface area (Å²) in [5.74, 6) is 0.395. The summed E-state index contributed by atoms with van der Waals surface area (Å²) in [5.41, 5.74) is 1.50. The van der Waals surface area contributed by atoms with Crippen molar-refractivity contribution >= 4 is 35.1 Å². The van der Waals surface area contributed by atoms with Gasteiger partial charge in [-0.15, -0.1) is 0 Å². The van der Waals surface area contributed by atoms with E-state index in [-0.39, 0.29) is 19.8 Å². The molecule has 27 heavy (non-hydrogen) atoms. The number of rotatable bonds is 6. The van der Waals surface area contributed by atoms with Crippen LogP contribution in [0.25, 0.3) is 0 Å². The highest BCUT2D eigenvalue weighted by Crippen LogP contribution is 2.32. The van der Waals surface area contributed by atoms with Gasteiger partial charge < -0.3 is 19.5 Å². The molecule has 0 fully saturated rings. The molecule has 0 radical (unpaired) electrons. The van der Waals surface area contributed by atoms with Crippen LogP contribution in [0.5, 0.6) is 11.5 Å². The Morgan fingerprint density at radius 3 is 2.59 bits per heavy atom. The molecule has 0 saturated heterocycles. The number of carbonyl (C=O) groups excluding carboxylic acids is 2. The summed E-state index contributed by atoms with van der Waals surface area (Å²) < 4.78 is 15.7. The van der Waals surface area contributed by atoms with E-state index in [1.54, 1.807) is 30.3 Å². The van der Waals surface area contributed by atoms with Crippen molar-refractivity contribution < 1.29 is 23.8 Å². The zero-order valence-electron chi connectivity index (χ0n) is 14.5. The number of amides is 1. The third-order valence-corrected chi connectivity index (χ3v) is 4.65. The van der Waals surface area contributed by atoms with Crippen LogP contribution in [0.2, 0.25) is 10.0 Å². The molecule has 6 nitrogen and oxygen atoms in total. The van der Waals surface area contributed by atoms with E-state index in [0.29, 0.717) is 27.1 Å². The molecule has 0 unspecified atom stereocenters. The van der Waals surface area contributed by atoms with E-state index in [9.17, 15) is 9.59 Å². The highest BCUT2D eigenvalue weighted by Gasteiger charge is 2.19. The molecular formula is C19H17Cl2NO5. The van der Waals surface area contributed by atoms with Crippen molar-refractivity contribution in [3.8, 4) is 11.5 Å².